The molecule has 0 spiro atoms. The van der Waals surface area contributed by atoms with Crippen molar-refractivity contribution in [1.82, 2.24) is 4.98 Å². The molecule has 2 rings (SSSR count). The number of nitrogens with zero attached hydrogens (tertiary/aromatic N) is 3. The van der Waals surface area contributed by atoms with Crippen LogP contribution < -0.4 is 4.90 Å². The molecule has 0 atom stereocenters. The van der Waals surface area contributed by atoms with Gasteiger partial charge in [-0.2, -0.15) is 5.26 Å². The fourth-order valence-electron chi connectivity index (χ4n) is 1.67. The van der Waals surface area contributed by atoms with Crippen molar-refractivity contribution in [2.24, 2.45) is 0 Å². The minimum absolute atomic E-state index is 0.242. The second-order valence-corrected chi connectivity index (χ2v) is 4.00. The molecule has 0 amide bonds. The van der Waals surface area contributed by atoms with Gasteiger partial charge in [0.05, 0.1) is 5.56 Å². The van der Waals surface area contributed by atoms with E-state index in [0.717, 1.165) is 11.4 Å². The molecule has 2 aromatic rings. The standard InChI is InChI=1S/C14H12FN3/c1-18(10-11-3-2-4-13(15)7-11)14-6-5-12(8-16)9-17-14/h2-7,9H,10H2,1H3. The molecule has 0 N–H and O–H groups in total. The summed E-state index contributed by atoms with van der Waals surface area (Å²) in [6.45, 7) is 0.566. The second kappa shape index (κ2) is 5.28. The number of rotatable bonds is 3. The van der Waals surface area contributed by atoms with Crippen LogP contribution in [-0.2, 0) is 6.54 Å². The maximum Gasteiger partial charge on any atom is 0.128 e. The third-order valence-electron chi connectivity index (χ3n) is 2.58. The summed E-state index contributed by atoms with van der Waals surface area (Å²) in [4.78, 5) is 6.08. The summed E-state index contributed by atoms with van der Waals surface area (Å²) in [6.07, 6.45) is 1.53. The zero-order chi connectivity index (χ0) is 13.0. The molecule has 4 heteroatoms. The summed E-state index contributed by atoms with van der Waals surface area (Å²) in [5.41, 5.74) is 1.40. The lowest BCUT2D eigenvalue weighted by Gasteiger charge is -2.18. The predicted molar refractivity (Wildman–Crippen MR) is 67.5 cm³/mol. The highest BCUT2D eigenvalue weighted by Crippen LogP contribution is 2.13. The minimum atomic E-state index is -0.242. The van der Waals surface area contributed by atoms with Crippen molar-refractivity contribution < 1.29 is 4.39 Å². The number of hydrogen-bond acceptors (Lipinski definition) is 3. The van der Waals surface area contributed by atoms with Crippen molar-refractivity contribution in [3.05, 3.63) is 59.5 Å². The molecule has 0 aliphatic heterocycles. The topological polar surface area (TPSA) is 39.9 Å². The number of anilines is 1. The van der Waals surface area contributed by atoms with Crippen molar-refractivity contribution >= 4 is 5.82 Å². The number of nitriles is 1. The normalized spacial score (nSPS) is 9.83. The Morgan fingerprint density at radius 1 is 1.33 bits per heavy atom. The van der Waals surface area contributed by atoms with Gasteiger partial charge in [0, 0.05) is 19.8 Å². The Bertz CT molecular complexity index is 572. The van der Waals surface area contributed by atoms with E-state index in [-0.39, 0.29) is 5.82 Å². The summed E-state index contributed by atoms with van der Waals surface area (Å²) in [6, 6.07) is 12.0. The van der Waals surface area contributed by atoms with Gasteiger partial charge in [0.15, 0.2) is 0 Å². The van der Waals surface area contributed by atoms with Crippen molar-refractivity contribution in [2.75, 3.05) is 11.9 Å². The Labute approximate surface area is 105 Å². The molecule has 0 aliphatic carbocycles. The molecule has 1 heterocycles. The van der Waals surface area contributed by atoms with Crippen molar-refractivity contribution in [3.8, 4) is 6.07 Å². The van der Waals surface area contributed by atoms with Gasteiger partial charge >= 0.3 is 0 Å². The molecule has 0 saturated carbocycles. The maximum atomic E-state index is 13.0. The van der Waals surface area contributed by atoms with Gasteiger partial charge in [-0.05, 0) is 29.8 Å². The van der Waals surface area contributed by atoms with Crippen LogP contribution in [0.2, 0.25) is 0 Å². The van der Waals surface area contributed by atoms with Crippen LogP contribution in [0.4, 0.5) is 10.2 Å². The van der Waals surface area contributed by atoms with Crippen LogP contribution in [0.3, 0.4) is 0 Å². The Hall–Kier alpha value is -2.41. The van der Waals surface area contributed by atoms with Crippen LogP contribution in [0.1, 0.15) is 11.1 Å². The molecule has 0 unspecified atom stereocenters. The Kier molecular flexibility index (Phi) is 3.54. The first kappa shape index (κ1) is 12.1. The van der Waals surface area contributed by atoms with Crippen LogP contribution >= 0.6 is 0 Å². The number of benzene rings is 1. The first-order valence-corrected chi connectivity index (χ1v) is 5.51. The molecule has 0 saturated heterocycles. The van der Waals surface area contributed by atoms with Gasteiger partial charge in [-0.3, -0.25) is 0 Å². The molecule has 90 valence electrons. The van der Waals surface area contributed by atoms with E-state index in [1.54, 1.807) is 18.2 Å². The fourth-order valence-corrected chi connectivity index (χ4v) is 1.67. The van der Waals surface area contributed by atoms with Gasteiger partial charge in [0.25, 0.3) is 0 Å². The van der Waals surface area contributed by atoms with Gasteiger partial charge in [-0.15, -0.1) is 0 Å². The van der Waals surface area contributed by atoms with Crippen molar-refractivity contribution in [3.63, 3.8) is 0 Å². The first-order chi connectivity index (χ1) is 8.69. The van der Waals surface area contributed by atoms with E-state index in [0.29, 0.717) is 12.1 Å². The molecule has 18 heavy (non-hydrogen) atoms. The lowest BCUT2D eigenvalue weighted by Crippen LogP contribution is -2.17. The highest BCUT2D eigenvalue weighted by molar-refractivity contribution is 5.41. The van der Waals surface area contributed by atoms with E-state index in [2.05, 4.69) is 4.98 Å². The average molecular weight is 241 g/mol. The number of hydrogen-bond donors (Lipinski definition) is 0. The van der Waals surface area contributed by atoms with E-state index in [1.165, 1.54) is 18.3 Å². The summed E-state index contributed by atoms with van der Waals surface area (Å²) in [5.74, 6) is 0.506. The van der Waals surface area contributed by atoms with Gasteiger partial charge in [0.1, 0.15) is 17.7 Å². The summed E-state index contributed by atoms with van der Waals surface area (Å²) in [5, 5.41) is 8.69. The Morgan fingerprint density at radius 2 is 2.17 bits per heavy atom. The molecule has 3 nitrogen and oxygen atoms in total. The monoisotopic (exact) mass is 241 g/mol. The summed E-state index contributed by atoms with van der Waals surface area (Å²) < 4.78 is 13.0. The summed E-state index contributed by atoms with van der Waals surface area (Å²) >= 11 is 0. The van der Waals surface area contributed by atoms with Gasteiger partial charge < -0.3 is 4.90 Å². The number of pyridine rings is 1. The van der Waals surface area contributed by atoms with Crippen LogP contribution in [0.5, 0.6) is 0 Å². The zero-order valence-electron chi connectivity index (χ0n) is 9.97. The highest BCUT2D eigenvalue weighted by Gasteiger charge is 2.04. The molecular formula is C14H12FN3. The quantitative estimate of drug-likeness (QED) is 0.829. The van der Waals surface area contributed by atoms with E-state index in [4.69, 9.17) is 5.26 Å². The smallest absolute Gasteiger partial charge is 0.128 e. The fraction of sp³-hybridized carbons (Fsp3) is 0.143. The number of halogens is 1. The third-order valence-corrected chi connectivity index (χ3v) is 2.58. The van der Waals surface area contributed by atoms with E-state index in [1.807, 2.05) is 24.1 Å². The first-order valence-electron chi connectivity index (χ1n) is 5.51. The van der Waals surface area contributed by atoms with Crippen LogP contribution in [0.15, 0.2) is 42.6 Å². The van der Waals surface area contributed by atoms with Crippen LogP contribution in [-0.4, -0.2) is 12.0 Å². The second-order valence-electron chi connectivity index (χ2n) is 4.00. The molecule has 0 fully saturated rings. The van der Waals surface area contributed by atoms with Crippen LogP contribution in [0, 0.1) is 17.1 Å². The Morgan fingerprint density at radius 3 is 2.78 bits per heavy atom. The van der Waals surface area contributed by atoms with Gasteiger partial charge in [-0.25, -0.2) is 9.37 Å². The largest absolute Gasteiger partial charge is 0.355 e. The van der Waals surface area contributed by atoms with E-state index in [9.17, 15) is 4.39 Å². The lowest BCUT2D eigenvalue weighted by atomic mass is 10.2. The van der Waals surface area contributed by atoms with Gasteiger partial charge in [-0.1, -0.05) is 12.1 Å². The van der Waals surface area contributed by atoms with Crippen LogP contribution in [0.25, 0.3) is 0 Å². The Balaban J connectivity index is 2.12. The van der Waals surface area contributed by atoms with E-state index >= 15 is 0 Å². The molecule has 0 radical (unpaired) electrons. The average Bonchev–Trinajstić information content (AvgIpc) is 2.39. The van der Waals surface area contributed by atoms with Crippen molar-refractivity contribution in [2.45, 2.75) is 6.54 Å². The molecule has 1 aromatic carbocycles. The lowest BCUT2D eigenvalue weighted by molar-refractivity contribution is 0.625. The zero-order valence-corrected chi connectivity index (χ0v) is 9.97. The molecule has 0 aliphatic rings. The number of aromatic nitrogens is 1. The molecular weight excluding hydrogens is 229 g/mol. The SMILES string of the molecule is CN(Cc1cccc(F)c1)c1ccc(C#N)cn1. The molecule has 1 aromatic heterocycles. The maximum absolute atomic E-state index is 13.0. The minimum Gasteiger partial charge on any atom is -0.355 e. The van der Waals surface area contributed by atoms with Gasteiger partial charge in [0.2, 0.25) is 0 Å². The third kappa shape index (κ3) is 2.83. The summed E-state index contributed by atoms with van der Waals surface area (Å²) in [7, 11) is 1.87. The van der Waals surface area contributed by atoms with E-state index < -0.39 is 0 Å². The molecule has 0 bridgehead atoms. The highest BCUT2D eigenvalue weighted by atomic mass is 19.1. The van der Waals surface area contributed by atoms with Crippen molar-refractivity contribution in [1.29, 1.82) is 5.26 Å². The predicted octanol–water partition coefficient (Wildman–Crippen LogP) is 2.73.